The van der Waals surface area contributed by atoms with Gasteiger partial charge in [0, 0.05) is 17.3 Å². The molecule has 146 valence electrons. The van der Waals surface area contributed by atoms with Gasteiger partial charge in [0.2, 0.25) is 5.88 Å². The summed E-state index contributed by atoms with van der Waals surface area (Å²) in [5.41, 5.74) is 5.53. The van der Waals surface area contributed by atoms with E-state index in [2.05, 4.69) is 31.2 Å². The van der Waals surface area contributed by atoms with E-state index in [4.69, 9.17) is 4.74 Å². The number of rotatable bonds is 4. The second-order valence-electron chi connectivity index (χ2n) is 6.52. The van der Waals surface area contributed by atoms with E-state index < -0.39 is 24.1 Å². The molecule has 0 saturated carbocycles. The molecule has 1 aromatic rings. The van der Waals surface area contributed by atoms with Gasteiger partial charge in [-0.1, -0.05) is 5.57 Å². The first-order chi connectivity index (χ1) is 13.2. The van der Waals surface area contributed by atoms with Crippen LogP contribution in [0.1, 0.15) is 25.0 Å². The number of hydrogen-bond donors (Lipinski definition) is 3. The average molecular weight is 385 g/mol. The molecule has 2 heterocycles. The Morgan fingerprint density at radius 2 is 1.86 bits per heavy atom. The zero-order valence-corrected chi connectivity index (χ0v) is 15.7. The number of carbonyl (C=O) groups is 3. The predicted molar refractivity (Wildman–Crippen MR) is 98.0 cm³/mol. The lowest BCUT2D eigenvalue weighted by Crippen LogP contribution is -2.43. The molecule has 1 fully saturated rings. The minimum atomic E-state index is -0.975. The first kappa shape index (κ1) is 19.2. The van der Waals surface area contributed by atoms with Gasteiger partial charge >= 0.3 is 6.09 Å². The Hall–Kier alpha value is -3.53. The summed E-state index contributed by atoms with van der Waals surface area (Å²) >= 11 is 0. The molecule has 2 aliphatic rings. The normalized spacial score (nSPS) is 18.4. The molecule has 1 aromatic carbocycles. The zero-order chi connectivity index (χ0) is 20.4. The van der Waals surface area contributed by atoms with Crippen LogP contribution >= 0.6 is 0 Å². The van der Waals surface area contributed by atoms with Crippen LogP contribution in [0.4, 0.5) is 10.5 Å². The SMILES string of the molecule is CC(C)=C1C=C(Oc2c(C)cc(NC(=O)C3NOC(=O)N3)cc2C)N=NC1=O. The Labute approximate surface area is 160 Å². The Morgan fingerprint density at radius 3 is 2.43 bits per heavy atom. The fraction of sp³-hybridized carbons (Fsp3) is 0.278. The number of hydroxylamine groups is 1. The number of aryl methyl sites for hydroxylation is 2. The van der Waals surface area contributed by atoms with E-state index in [0.29, 0.717) is 17.0 Å². The highest BCUT2D eigenvalue weighted by Crippen LogP contribution is 2.30. The van der Waals surface area contributed by atoms with E-state index in [1.54, 1.807) is 18.2 Å². The van der Waals surface area contributed by atoms with Gasteiger partial charge in [0.1, 0.15) is 5.75 Å². The lowest BCUT2D eigenvalue weighted by atomic mass is 10.1. The number of nitrogens with one attached hydrogen (secondary N) is 3. The smallest absolute Gasteiger partial charge is 0.427 e. The highest BCUT2D eigenvalue weighted by molar-refractivity contribution is 5.98. The van der Waals surface area contributed by atoms with Crippen molar-refractivity contribution in [3.05, 3.63) is 46.4 Å². The molecule has 0 aromatic heterocycles. The summed E-state index contributed by atoms with van der Waals surface area (Å²) in [7, 11) is 0. The van der Waals surface area contributed by atoms with Crippen molar-refractivity contribution in [2.75, 3.05) is 5.32 Å². The molecule has 0 spiro atoms. The molecule has 28 heavy (non-hydrogen) atoms. The first-order valence-corrected chi connectivity index (χ1v) is 8.42. The van der Waals surface area contributed by atoms with Gasteiger partial charge in [0.05, 0.1) is 0 Å². The zero-order valence-electron chi connectivity index (χ0n) is 15.7. The molecule has 1 saturated heterocycles. The number of ether oxygens (including phenoxy) is 1. The van der Waals surface area contributed by atoms with Crippen LogP contribution in [0.2, 0.25) is 0 Å². The fourth-order valence-corrected chi connectivity index (χ4v) is 2.68. The lowest BCUT2D eigenvalue weighted by molar-refractivity contribution is -0.119. The van der Waals surface area contributed by atoms with E-state index in [9.17, 15) is 14.4 Å². The van der Waals surface area contributed by atoms with Crippen molar-refractivity contribution in [1.82, 2.24) is 10.8 Å². The minimum Gasteiger partial charge on any atom is -0.437 e. The average Bonchev–Trinajstić information content (AvgIpc) is 3.06. The first-order valence-electron chi connectivity index (χ1n) is 8.42. The third kappa shape index (κ3) is 4.07. The van der Waals surface area contributed by atoms with Crippen molar-refractivity contribution in [2.45, 2.75) is 33.9 Å². The molecule has 0 aliphatic carbocycles. The number of allylic oxidation sites excluding steroid dienone is 1. The van der Waals surface area contributed by atoms with E-state index in [-0.39, 0.29) is 5.88 Å². The molecular weight excluding hydrogens is 366 g/mol. The predicted octanol–water partition coefficient (Wildman–Crippen LogP) is 2.36. The van der Waals surface area contributed by atoms with Crippen LogP contribution in [0, 0.1) is 13.8 Å². The topological polar surface area (TPSA) is 130 Å². The Morgan fingerprint density at radius 1 is 1.18 bits per heavy atom. The van der Waals surface area contributed by atoms with E-state index in [1.807, 2.05) is 27.7 Å². The third-order valence-corrected chi connectivity index (χ3v) is 4.00. The molecule has 2 aliphatic heterocycles. The van der Waals surface area contributed by atoms with Gasteiger partial charge in [0.15, 0.2) is 6.17 Å². The summed E-state index contributed by atoms with van der Waals surface area (Å²) in [4.78, 5) is 39.4. The molecule has 10 nitrogen and oxygen atoms in total. The maximum Gasteiger partial charge on any atom is 0.427 e. The Kier molecular flexibility index (Phi) is 5.23. The molecule has 1 atom stereocenters. The number of anilines is 1. The standard InChI is InChI=1S/C18H19N5O5/c1-8(2)12-7-13(21-22-16(12)24)27-14-9(3)5-11(6-10(14)4)19-17(25)15-20-18(26)28-23-15/h5-7,15,23H,1-4H3,(H,19,25)(H,20,26). The minimum absolute atomic E-state index is 0.203. The number of benzene rings is 1. The fourth-order valence-electron chi connectivity index (χ4n) is 2.68. The second-order valence-corrected chi connectivity index (χ2v) is 6.52. The van der Waals surface area contributed by atoms with Gasteiger partial charge in [-0.25, -0.2) is 4.79 Å². The van der Waals surface area contributed by atoms with Crippen LogP contribution in [-0.4, -0.2) is 24.1 Å². The van der Waals surface area contributed by atoms with Gasteiger partial charge in [0.25, 0.3) is 11.8 Å². The van der Waals surface area contributed by atoms with Crippen LogP contribution in [0.3, 0.4) is 0 Å². The van der Waals surface area contributed by atoms with Crippen LogP contribution in [0.25, 0.3) is 0 Å². The van der Waals surface area contributed by atoms with Crippen molar-refractivity contribution in [3.63, 3.8) is 0 Å². The van der Waals surface area contributed by atoms with Crippen molar-refractivity contribution in [2.24, 2.45) is 10.2 Å². The number of hydrogen-bond acceptors (Lipinski definition) is 7. The van der Waals surface area contributed by atoms with Crippen molar-refractivity contribution < 1.29 is 24.0 Å². The third-order valence-electron chi connectivity index (χ3n) is 4.00. The second kappa shape index (κ2) is 7.61. The number of azo groups is 1. The summed E-state index contributed by atoms with van der Waals surface area (Å²) in [6.07, 6.45) is -0.148. The van der Waals surface area contributed by atoms with Gasteiger partial charge in [-0.15, -0.1) is 15.7 Å². The maximum absolute atomic E-state index is 12.1. The van der Waals surface area contributed by atoms with Gasteiger partial charge in [-0.2, -0.15) is 0 Å². The van der Waals surface area contributed by atoms with E-state index >= 15 is 0 Å². The molecular formula is C18H19N5O5. The van der Waals surface area contributed by atoms with Crippen molar-refractivity contribution in [1.29, 1.82) is 0 Å². The molecule has 3 N–H and O–H groups in total. The maximum atomic E-state index is 12.1. The number of nitrogens with zero attached hydrogens (tertiary/aromatic N) is 2. The van der Waals surface area contributed by atoms with E-state index in [0.717, 1.165) is 16.7 Å². The van der Waals surface area contributed by atoms with E-state index in [1.165, 1.54) is 0 Å². The van der Waals surface area contributed by atoms with Gasteiger partial charge in [-0.05, 0) is 51.0 Å². The largest absolute Gasteiger partial charge is 0.437 e. The summed E-state index contributed by atoms with van der Waals surface area (Å²) in [5, 5.41) is 12.4. The van der Waals surface area contributed by atoms with Gasteiger partial charge in [-0.3, -0.25) is 14.9 Å². The molecule has 0 radical (unpaired) electrons. The molecule has 10 heteroatoms. The molecule has 1 unspecified atom stereocenters. The number of carbonyl (C=O) groups excluding carboxylic acids is 3. The summed E-state index contributed by atoms with van der Waals surface area (Å²) in [6.45, 7) is 7.24. The highest BCUT2D eigenvalue weighted by atomic mass is 16.7. The van der Waals surface area contributed by atoms with Crippen LogP contribution < -0.4 is 20.9 Å². The highest BCUT2D eigenvalue weighted by Gasteiger charge is 2.28. The van der Waals surface area contributed by atoms with Crippen LogP contribution in [-0.2, 0) is 14.4 Å². The van der Waals surface area contributed by atoms with Crippen molar-refractivity contribution in [3.8, 4) is 5.75 Å². The summed E-state index contributed by atoms with van der Waals surface area (Å²) in [5.74, 6) is -0.139. The summed E-state index contributed by atoms with van der Waals surface area (Å²) in [6, 6.07) is 3.43. The summed E-state index contributed by atoms with van der Waals surface area (Å²) < 4.78 is 5.83. The molecule has 3 amide bonds. The Bertz CT molecular complexity index is 936. The molecule has 0 bridgehead atoms. The number of amides is 3. The van der Waals surface area contributed by atoms with Crippen molar-refractivity contribution >= 4 is 23.6 Å². The monoisotopic (exact) mass is 385 g/mol. The molecule has 3 rings (SSSR count). The van der Waals surface area contributed by atoms with Crippen LogP contribution in [0.5, 0.6) is 5.75 Å². The Balaban J connectivity index is 1.77. The van der Waals surface area contributed by atoms with Gasteiger partial charge < -0.3 is 14.9 Å². The van der Waals surface area contributed by atoms with Crippen LogP contribution in [0.15, 0.2) is 45.5 Å². The lowest BCUT2D eigenvalue weighted by Gasteiger charge is -2.16. The quantitative estimate of drug-likeness (QED) is 0.682.